The summed E-state index contributed by atoms with van der Waals surface area (Å²) < 4.78 is 42.0. The number of ether oxygens (including phenoxy) is 1. The molecule has 1 N–H and O–H groups in total. The number of hydrogen-bond acceptors (Lipinski definition) is 2. The molecular formula is C13H17BrF3NO. The highest BCUT2D eigenvalue weighted by Crippen LogP contribution is 2.28. The van der Waals surface area contributed by atoms with Gasteiger partial charge in [0, 0.05) is 16.9 Å². The van der Waals surface area contributed by atoms with E-state index >= 15 is 0 Å². The molecule has 108 valence electrons. The second-order valence-electron chi connectivity index (χ2n) is 4.26. The van der Waals surface area contributed by atoms with Crippen LogP contribution in [0.15, 0.2) is 22.7 Å². The van der Waals surface area contributed by atoms with Crippen molar-refractivity contribution in [2.24, 2.45) is 0 Å². The summed E-state index contributed by atoms with van der Waals surface area (Å²) in [6.45, 7) is 2.08. The van der Waals surface area contributed by atoms with Gasteiger partial charge < -0.3 is 10.1 Å². The zero-order valence-corrected chi connectivity index (χ0v) is 12.4. The molecule has 0 saturated carbocycles. The fourth-order valence-corrected chi connectivity index (χ4v) is 2.27. The van der Waals surface area contributed by atoms with Crippen molar-refractivity contribution in [3.8, 4) is 5.75 Å². The molecule has 2 nitrogen and oxygen atoms in total. The Morgan fingerprint density at radius 1 is 1.37 bits per heavy atom. The molecule has 1 unspecified atom stereocenters. The molecule has 0 amide bonds. The molecule has 19 heavy (non-hydrogen) atoms. The van der Waals surface area contributed by atoms with E-state index in [1.54, 1.807) is 12.1 Å². The minimum atomic E-state index is -4.12. The lowest BCUT2D eigenvalue weighted by molar-refractivity contribution is -0.136. The lowest BCUT2D eigenvalue weighted by Gasteiger charge is -2.14. The molecule has 6 heteroatoms. The van der Waals surface area contributed by atoms with Crippen LogP contribution in [0, 0.1) is 0 Å². The monoisotopic (exact) mass is 339 g/mol. The van der Waals surface area contributed by atoms with E-state index in [1.807, 2.05) is 20.0 Å². The van der Waals surface area contributed by atoms with Crippen molar-refractivity contribution >= 4 is 15.9 Å². The van der Waals surface area contributed by atoms with E-state index in [2.05, 4.69) is 21.2 Å². The summed E-state index contributed by atoms with van der Waals surface area (Å²) in [5.41, 5.74) is 1.07. The minimum absolute atomic E-state index is 0.0320. The van der Waals surface area contributed by atoms with Crippen LogP contribution in [0.5, 0.6) is 5.75 Å². The largest absolute Gasteiger partial charge is 0.494 e. The number of rotatable bonds is 6. The molecule has 0 aliphatic carbocycles. The van der Waals surface area contributed by atoms with Crippen molar-refractivity contribution in [3.63, 3.8) is 0 Å². The molecule has 0 fully saturated rings. The third-order valence-corrected chi connectivity index (χ3v) is 3.43. The summed E-state index contributed by atoms with van der Waals surface area (Å²) in [5, 5.41) is 3.11. The first kappa shape index (κ1) is 16.3. The van der Waals surface area contributed by atoms with Crippen LogP contribution in [0.25, 0.3) is 0 Å². The Kier molecular flexibility index (Phi) is 6.13. The van der Waals surface area contributed by atoms with E-state index in [0.29, 0.717) is 5.75 Å². The molecule has 1 aromatic carbocycles. The number of halogens is 4. The SMILES string of the molecule is CNC(C)c1ccc(OCCCC(F)(F)F)cc1Br. The Bertz CT molecular complexity index is 409. The van der Waals surface area contributed by atoms with E-state index in [4.69, 9.17) is 4.74 Å². The van der Waals surface area contributed by atoms with Gasteiger partial charge in [0.1, 0.15) is 5.75 Å². The van der Waals surface area contributed by atoms with Crippen molar-refractivity contribution < 1.29 is 17.9 Å². The van der Waals surface area contributed by atoms with Crippen molar-refractivity contribution in [3.05, 3.63) is 28.2 Å². The van der Waals surface area contributed by atoms with Crippen LogP contribution in [-0.2, 0) is 0 Å². The normalized spacial score (nSPS) is 13.4. The van der Waals surface area contributed by atoms with E-state index < -0.39 is 12.6 Å². The van der Waals surface area contributed by atoms with Gasteiger partial charge >= 0.3 is 6.18 Å². The summed E-state index contributed by atoms with van der Waals surface area (Å²) in [6.07, 6.45) is -4.96. The van der Waals surface area contributed by atoms with Gasteiger partial charge in [-0.2, -0.15) is 13.2 Å². The second-order valence-corrected chi connectivity index (χ2v) is 5.12. The van der Waals surface area contributed by atoms with Crippen LogP contribution < -0.4 is 10.1 Å². The van der Waals surface area contributed by atoms with Crippen molar-refractivity contribution in [1.82, 2.24) is 5.32 Å². The van der Waals surface area contributed by atoms with Crippen LogP contribution in [-0.4, -0.2) is 19.8 Å². The van der Waals surface area contributed by atoms with Gasteiger partial charge in [-0.25, -0.2) is 0 Å². The molecule has 0 bridgehead atoms. The van der Waals surface area contributed by atoms with E-state index in [-0.39, 0.29) is 19.1 Å². The molecule has 0 aliphatic rings. The molecule has 0 aliphatic heterocycles. The summed E-state index contributed by atoms with van der Waals surface area (Å²) in [7, 11) is 1.86. The molecule has 0 saturated heterocycles. The minimum Gasteiger partial charge on any atom is -0.494 e. The Hall–Kier alpha value is -0.750. The third-order valence-electron chi connectivity index (χ3n) is 2.74. The van der Waals surface area contributed by atoms with Gasteiger partial charge in [0.25, 0.3) is 0 Å². The van der Waals surface area contributed by atoms with Gasteiger partial charge in [-0.3, -0.25) is 0 Å². The second kappa shape index (κ2) is 7.14. The molecule has 0 radical (unpaired) electrons. The molecular weight excluding hydrogens is 323 g/mol. The standard InChI is InChI=1S/C13H17BrF3NO/c1-9(18-2)11-5-4-10(8-12(11)14)19-7-3-6-13(15,16)17/h4-5,8-9,18H,3,6-7H2,1-2H3. The van der Waals surface area contributed by atoms with Crippen LogP contribution in [0.1, 0.15) is 31.4 Å². The highest BCUT2D eigenvalue weighted by molar-refractivity contribution is 9.10. The zero-order valence-electron chi connectivity index (χ0n) is 10.9. The highest BCUT2D eigenvalue weighted by Gasteiger charge is 2.26. The van der Waals surface area contributed by atoms with Crippen LogP contribution in [0.3, 0.4) is 0 Å². The number of nitrogens with one attached hydrogen (secondary N) is 1. The first-order chi connectivity index (χ1) is 8.83. The maximum Gasteiger partial charge on any atom is 0.389 e. The lowest BCUT2D eigenvalue weighted by Crippen LogP contribution is -2.13. The predicted octanol–water partition coefficient (Wildman–Crippen LogP) is 4.45. The zero-order chi connectivity index (χ0) is 14.5. The maximum atomic E-state index is 12.0. The average molecular weight is 340 g/mol. The Labute approximate surface area is 119 Å². The number of benzene rings is 1. The average Bonchev–Trinajstić information content (AvgIpc) is 2.33. The van der Waals surface area contributed by atoms with Gasteiger partial charge in [0.2, 0.25) is 0 Å². The predicted molar refractivity (Wildman–Crippen MR) is 72.4 cm³/mol. The van der Waals surface area contributed by atoms with Gasteiger partial charge in [-0.1, -0.05) is 22.0 Å². The smallest absolute Gasteiger partial charge is 0.389 e. The van der Waals surface area contributed by atoms with Gasteiger partial charge in [-0.05, 0) is 38.1 Å². The van der Waals surface area contributed by atoms with Gasteiger partial charge in [0.15, 0.2) is 0 Å². The Balaban J connectivity index is 2.50. The summed E-state index contributed by atoms with van der Waals surface area (Å²) in [6, 6.07) is 5.62. The molecule has 1 rings (SSSR count). The molecule has 0 aromatic heterocycles. The molecule has 1 aromatic rings. The number of hydrogen-bond donors (Lipinski definition) is 1. The van der Waals surface area contributed by atoms with Crippen LogP contribution >= 0.6 is 15.9 Å². The highest BCUT2D eigenvalue weighted by atomic mass is 79.9. The third kappa shape index (κ3) is 5.82. The van der Waals surface area contributed by atoms with Gasteiger partial charge in [-0.15, -0.1) is 0 Å². The van der Waals surface area contributed by atoms with Crippen molar-refractivity contribution in [2.75, 3.05) is 13.7 Å². The molecule has 1 atom stereocenters. The van der Waals surface area contributed by atoms with Gasteiger partial charge in [0.05, 0.1) is 6.61 Å². The summed E-state index contributed by atoms with van der Waals surface area (Å²) in [4.78, 5) is 0. The fraction of sp³-hybridized carbons (Fsp3) is 0.538. The van der Waals surface area contributed by atoms with E-state index in [1.165, 1.54) is 0 Å². The van der Waals surface area contributed by atoms with E-state index in [9.17, 15) is 13.2 Å². The Morgan fingerprint density at radius 3 is 2.58 bits per heavy atom. The van der Waals surface area contributed by atoms with Crippen LogP contribution in [0.2, 0.25) is 0 Å². The fourth-order valence-electron chi connectivity index (χ4n) is 1.57. The van der Waals surface area contributed by atoms with Crippen LogP contribution in [0.4, 0.5) is 13.2 Å². The Morgan fingerprint density at radius 2 is 2.05 bits per heavy atom. The summed E-state index contributed by atoms with van der Waals surface area (Å²) >= 11 is 3.43. The number of alkyl halides is 3. The topological polar surface area (TPSA) is 21.3 Å². The maximum absolute atomic E-state index is 12.0. The van der Waals surface area contributed by atoms with E-state index in [0.717, 1.165) is 10.0 Å². The van der Waals surface area contributed by atoms with Crippen molar-refractivity contribution in [2.45, 2.75) is 32.0 Å². The lowest BCUT2D eigenvalue weighted by atomic mass is 10.1. The quantitative estimate of drug-likeness (QED) is 0.773. The molecule has 0 spiro atoms. The molecule has 0 heterocycles. The first-order valence-corrected chi connectivity index (χ1v) is 6.79. The summed E-state index contributed by atoms with van der Waals surface area (Å²) in [5.74, 6) is 0.570. The van der Waals surface area contributed by atoms with Crippen molar-refractivity contribution in [1.29, 1.82) is 0 Å². The first-order valence-electron chi connectivity index (χ1n) is 6.00.